The van der Waals surface area contributed by atoms with Crippen LogP contribution in [0.25, 0.3) is 0 Å². The number of likely N-dealkylation sites (N-methyl/N-ethyl adjacent to an activating group) is 1. The lowest BCUT2D eigenvalue weighted by Crippen LogP contribution is -2.50. The molecular weight excluding hydrogens is 462 g/mol. The fourth-order valence-corrected chi connectivity index (χ4v) is 3.66. The van der Waals surface area contributed by atoms with Gasteiger partial charge < -0.3 is 36.4 Å². The second-order valence-electron chi connectivity index (χ2n) is 7.90. The average molecular weight is 487 g/mol. The van der Waals surface area contributed by atoms with E-state index in [-0.39, 0.29) is 30.5 Å². The molecule has 0 unspecified atom stereocenters. The summed E-state index contributed by atoms with van der Waals surface area (Å²) < 4.78 is 0. The van der Waals surface area contributed by atoms with E-state index in [1.54, 1.807) is 11.9 Å². The molecule has 0 spiro atoms. The van der Waals surface area contributed by atoms with Crippen LogP contribution in [0.1, 0.15) is 23.2 Å². The van der Waals surface area contributed by atoms with E-state index in [4.69, 9.17) is 10.8 Å². The van der Waals surface area contributed by atoms with Crippen LogP contribution in [0.15, 0.2) is 29.1 Å². The number of anilines is 4. The van der Waals surface area contributed by atoms with Gasteiger partial charge in [0, 0.05) is 37.8 Å². The maximum absolute atomic E-state index is 12.4. The van der Waals surface area contributed by atoms with Gasteiger partial charge in [0.2, 0.25) is 12.4 Å². The molecular formula is C21H25N7O7. The minimum atomic E-state index is -1.35. The number of nitrogens with zero attached hydrogens (tertiary/aromatic N) is 3. The number of aliphatic carboxylic acids is 2. The molecule has 1 aliphatic rings. The van der Waals surface area contributed by atoms with Crippen molar-refractivity contribution < 1.29 is 29.4 Å². The highest BCUT2D eigenvalue weighted by atomic mass is 16.4. The highest BCUT2D eigenvalue weighted by Crippen LogP contribution is 2.26. The van der Waals surface area contributed by atoms with Crippen LogP contribution < -0.4 is 31.7 Å². The number of carboxylic acid groups (broad SMARTS) is 2. The van der Waals surface area contributed by atoms with Crippen molar-refractivity contribution in [2.45, 2.75) is 24.9 Å². The Morgan fingerprint density at radius 2 is 2.00 bits per heavy atom. The number of rotatable bonds is 10. The molecule has 3 rings (SSSR count). The Bertz CT molecular complexity index is 1180. The molecule has 0 fully saturated rings. The Balaban J connectivity index is 1.69. The van der Waals surface area contributed by atoms with Gasteiger partial charge in [0.1, 0.15) is 11.7 Å². The zero-order chi connectivity index (χ0) is 25.7. The van der Waals surface area contributed by atoms with Crippen LogP contribution in [0.3, 0.4) is 0 Å². The zero-order valence-corrected chi connectivity index (χ0v) is 18.7. The highest BCUT2D eigenvalue weighted by Gasteiger charge is 2.29. The molecule has 2 amide bonds. The van der Waals surface area contributed by atoms with E-state index in [2.05, 4.69) is 20.6 Å². The van der Waals surface area contributed by atoms with Crippen molar-refractivity contribution in [2.75, 3.05) is 41.0 Å². The van der Waals surface area contributed by atoms with Crippen molar-refractivity contribution in [1.82, 2.24) is 15.3 Å². The van der Waals surface area contributed by atoms with Gasteiger partial charge in [0.15, 0.2) is 5.82 Å². The molecule has 0 bridgehead atoms. The standard InChI is InChI=1S/C21H25N7O7/c1-27-13(8-23-17-16(27)19(33)26-21(22)25-17)9-28(10-29)12-4-2-11(3-5-12)18(32)24-14(20(34)35)6-7-15(30)31/h2-5,10,13-14H,6-9H2,1H3,(H,24,32)(H,30,31)(H,34,35)(H4,22,23,25,26,33)/t13-,14-/m0/s1. The normalized spacial score (nSPS) is 15.3. The Morgan fingerprint density at radius 3 is 2.60 bits per heavy atom. The fraction of sp³-hybridized carbons (Fsp3) is 0.333. The third kappa shape index (κ3) is 5.85. The van der Waals surface area contributed by atoms with Crippen LogP contribution in [-0.4, -0.2) is 76.7 Å². The van der Waals surface area contributed by atoms with Crippen molar-refractivity contribution in [2.24, 2.45) is 0 Å². The van der Waals surface area contributed by atoms with Gasteiger partial charge in [-0.05, 0) is 30.7 Å². The second-order valence-corrected chi connectivity index (χ2v) is 7.90. The lowest BCUT2D eigenvalue weighted by Gasteiger charge is -2.37. The van der Waals surface area contributed by atoms with E-state index in [1.165, 1.54) is 29.2 Å². The third-order valence-electron chi connectivity index (χ3n) is 5.56. The highest BCUT2D eigenvalue weighted by molar-refractivity contribution is 5.97. The van der Waals surface area contributed by atoms with Crippen molar-refractivity contribution in [1.29, 1.82) is 0 Å². The molecule has 2 heterocycles. The maximum Gasteiger partial charge on any atom is 0.326 e. The molecule has 7 N–H and O–H groups in total. The fourth-order valence-electron chi connectivity index (χ4n) is 3.66. The quantitative estimate of drug-likeness (QED) is 0.230. The summed E-state index contributed by atoms with van der Waals surface area (Å²) >= 11 is 0. The smallest absolute Gasteiger partial charge is 0.326 e. The number of amides is 2. The summed E-state index contributed by atoms with van der Waals surface area (Å²) in [5, 5.41) is 23.3. The van der Waals surface area contributed by atoms with Gasteiger partial charge in [0.25, 0.3) is 11.5 Å². The number of nitrogens with two attached hydrogens (primary N) is 1. The summed E-state index contributed by atoms with van der Waals surface area (Å²) in [6.45, 7) is 0.592. The van der Waals surface area contributed by atoms with E-state index >= 15 is 0 Å². The number of fused-ring (bicyclic) bond motifs is 1. The molecule has 1 aromatic heterocycles. The molecule has 0 radical (unpaired) electrons. The molecule has 0 saturated carbocycles. The van der Waals surface area contributed by atoms with Crippen molar-refractivity contribution in [3.63, 3.8) is 0 Å². The number of carboxylic acids is 2. The summed E-state index contributed by atoms with van der Waals surface area (Å²) in [7, 11) is 1.71. The number of carbonyl (C=O) groups is 4. The monoisotopic (exact) mass is 487 g/mol. The first kappa shape index (κ1) is 25.0. The van der Waals surface area contributed by atoms with Gasteiger partial charge in [0.05, 0.1) is 6.04 Å². The van der Waals surface area contributed by atoms with Crippen molar-refractivity contribution in [3.05, 3.63) is 40.2 Å². The average Bonchev–Trinajstić information content (AvgIpc) is 2.80. The Hall–Kier alpha value is -4.62. The molecule has 35 heavy (non-hydrogen) atoms. The first-order valence-corrected chi connectivity index (χ1v) is 10.5. The number of hydrogen-bond acceptors (Lipinski definition) is 9. The van der Waals surface area contributed by atoms with Gasteiger partial charge in [-0.15, -0.1) is 0 Å². The van der Waals surface area contributed by atoms with Gasteiger partial charge in [-0.25, -0.2) is 4.79 Å². The lowest BCUT2D eigenvalue weighted by molar-refractivity contribution is -0.140. The minimum absolute atomic E-state index is 0.0108. The molecule has 2 atom stereocenters. The molecule has 14 nitrogen and oxygen atoms in total. The lowest BCUT2D eigenvalue weighted by atomic mass is 10.1. The molecule has 2 aromatic rings. The van der Waals surface area contributed by atoms with Crippen LogP contribution in [0.4, 0.5) is 23.1 Å². The summed E-state index contributed by atoms with van der Waals surface area (Å²) in [5.41, 5.74) is 6.08. The maximum atomic E-state index is 12.4. The Morgan fingerprint density at radius 1 is 1.31 bits per heavy atom. The van der Waals surface area contributed by atoms with Crippen LogP contribution in [0, 0.1) is 0 Å². The number of benzene rings is 1. The van der Waals surface area contributed by atoms with E-state index < -0.39 is 35.9 Å². The largest absolute Gasteiger partial charge is 0.481 e. The number of nitrogens with one attached hydrogen (secondary N) is 3. The van der Waals surface area contributed by atoms with Crippen molar-refractivity contribution >= 4 is 47.4 Å². The van der Waals surface area contributed by atoms with Gasteiger partial charge in [-0.1, -0.05) is 0 Å². The van der Waals surface area contributed by atoms with E-state index in [0.29, 0.717) is 30.1 Å². The molecule has 14 heteroatoms. The molecule has 0 saturated heterocycles. The van der Waals surface area contributed by atoms with Crippen LogP contribution in [0.2, 0.25) is 0 Å². The summed E-state index contributed by atoms with van der Waals surface area (Å²) in [4.78, 5) is 68.2. The van der Waals surface area contributed by atoms with E-state index in [1.807, 2.05) is 0 Å². The summed E-state index contributed by atoms with van der Waals surface area (Å²) in [6.07, 6.45) is -0.0462. The van der Waals surface area contributed by atoms with Crippen LogP contribution >= 0.6 is 0 Å². The molecule has 1 aliphatic heterocycles. The Kier molecular flexibility index (Phi) is 7.53. The minimum Gasteiger partial charge on any atom is -0.481 e. The van der Waals surface area contributed by atoms with Crippen LogP contribution in [0.5, 0.6) is 0 Å². The summed E-state index contributed by atoms with van der Waals surface area (Å²) in [5.74, 6) is -2.86. The number of aromatic amines is 1. The topological polar surface area (TPSA) is 211 Å². The molecule has 186 valence electrons. The number of aromatic nitrogens is 2. The number of nitrogen functional groups attached to an aromatic ring is 1. The van der Waals surface area contributed by atoms with E-state index in [0.717, 1.165) is 0 Å². The summed E-state index contributed by atoms with van der Waals surface area (Å²) in [6, 6.07) is 4.26. The third-order valence-corrected chi connectivity index (χ3v) is 5.56. The predicted molar refractivity (Wildman–Crippen MR) is 126 cm³/mol. The van der Waals surface area contributed by atoms with Crippen molar-refractivity contribution in [3.8, 4) is 0 Å². The van der Waals surface area contributed by atoms with Gasteiger partial charge in [-0.2, -0.15) is 4.98 Å². The first-order chi connectivity index (χ1) is 16.6. The SMILES string of the molecule is CN1c2c(nc(N)[nH]c2=O)NC[C@H]1CN(C=O)c1ccc(C(=O)N[C@@H](CCC(=O)O)C(=O)O)cc1. The number of carbonyl (C=O) groups excluding carboxylic acids is 2. The van der Waals surface area contributed by atoms with E-state index in [9.17, 15) is 29.1 Å². The number of H-pyrrole nitrogens is 1. The van der Waals surface area contributed by atoms with Gasteiger partial charge >= 0.3 is 11.9 Å². The molecule has 0 aliphatic carbocycles. The first-order valence-electron chi connectivity index (χ1n) is 10.5. The molecule has 1 aromatic carbocycles. The Labute approximate surface area is 198 Å². The number of hydrogen-bond donors (Lipinski definition) is 6. The zero-order valence-electron chi connectivity index (χ0n) is 18.7. The predicted octanol–water partition coefficient (Wildman–Crippen LogP) is -0.707. The second kappa shape index (κ2) is 10.5. The van der Waals surface area contributed by atoms with Gasteiger partial charge in [-0.3, -0.25) is 24.2 Å². The van der Waals surface area contributed by atoms with Crippen LogP contribution in [-0.2, 0) is 14.4 Å².